The summed E-state index contributed by atoms with van der Waals surface area (Å²) in [5.41, 5.74) is -0.200. The van der Waals surface area contributed by atoms with Gasteiger partial charge in [0, 0.05) is 44.0 Å². The Morgan fingerprint density at radius 1 is 1.17 bits per heavy atom. The van der Waals surface area contributed by atoms with E-state index in [1.807, 2.05) is 13.8 Å². The predicted molar refractivity (Wildman–Crippen MR) is 162 cm³/mol. The summed E-state index contributed by atoms with van der Waals surface area (Å²) in [6.07, 6.45) is 2.06. The third kappa shape index (κ3) is 5.96. The number of sulfone groups is 1. The van der Waals surface area contributed by atoms with Crippen LogP contribution in [0.4, 0.5) is 14.9 Å². The van der Waals surface area contributed by atoms with Gasteiger partial charge >= 0.3 is 6.09 Å². The first kappa shape index (κ1) is 31.2. The van der Waals surface area contributed by atoms with Crippen molar-refractivity contribution in [2.75, 3.05) is 37.3 Å². The van der Waals surface area contributed by atoms with Crippen LogP contribution in [-0.4, -0.2) is 67.0 Å². The first-order chi connectivity index (χ1) is 18.9. The molecule has 3 aromatic rings. The summed E-state index contributed by atoms with van der Waals surface area (Å²) in [5, 5.41) is 0.166. The molecule has 1 aromatic carbocycles. The monoisotopic (exact) mass is 670 g/mol. The molecule has 9 nitrogen and oxygen atoms in total. The number of rotatable bonds is 4. The minimum Gasteiger partial charge on any atom is -0.444 e. The summed E-state index contributed by atoms with van der Waals surface area (Å²) < 4.78 is 49.4. The highest BCUT2D eigenvalue weighted by atomic mass is 79.9. The van der Waals surface area contributed by atoms with Gasteiger partial charge in [-0.3, -0.25) is 14.3 Å². The predicted octanol–water partition coefficient (Wildman–Crippen LogP) is 5.83. The number of carbonyl (C=O) groups is 1. The van der Waals surface area contributed by atoms with Gasteiger partial charge in [-0.15, -0.1) is 0 Å². The maximum atomic E-state index is 16.2. The van der Waals surface area contributed by atoms with Crippen molar-refractivity contribution in [2.45, 2.75) is 58.0 Å². The Kier molecular flexibility index (Phi) is 8.52. The fourth-order valence-electron chi connectivity index (χ4n) is 5.00. The highest BCUT2D eigenvalue weighted by molar-refractivity contribution is 9.10. The molecule has 0 aliphatic carbocycles. The van der Waals surface area contributed by atoms with Gasteiger partial charge < -0.3 is 14.5 Å². The molecule has 222 valence electrons. The van der Waals surface area contributed by atoms with Crippen molar-refractivity contribution in [1.82, 2.24) is 14.5 Å². The number of carbonyl (C=O) groups excluding carboxylic acids is 1. The molecule has 13 heteroatoms. The van der Waals surface area contributed by atoms with E-state index < -0.39 is 37.8 Å². The number of amides is 1. The van der Waals surface area contributed by atoms with Crippen molar-refractivity contribution in [3.05, 3.63) is 55.3 Å². The van der Waals surface area contributed by atoms with E-state index >= 15 is 4.39 Å². The molecule has 41 heavy (non-hydrogen) atoms. The summed E-state index contributed by atoms with van der Waals surface area (Å²) in [4.78, 5) is 34.2. The van der Waals surface area contributed by atoms with Gasteiger partial charge in [-0.1, -0.05) is 25.4 Å². The maximum absolute atomic E-state index is 16.2. The van der Waals surface area contributed by atoms with Gasteiger partial charge in [0.1, 0.15) is 5.60 Å². The number of ether oxygens (including phenoxy) is 1. The highest BCUT2D eigenvalue weighted by Crippen LogP contribution is 2.41. The van der Waals surface area contributed by atoms with E-state index in [0.717, 1.165) is 10.8 Å². The minimum absolute atomic E-state index is 0.0142. The molecule has 0 unspecified atom stereocenters. The number of aromatic nitrogens is 2. The van der Waals surface area contributed by atoms with Crippen molar-refractivity contribution in [2.24, 2.45) is 0 Å². The second-order valence-corrected chi connectivity index (χ2v) is 14.6. The van der Waals surface area contributed by atoms with Crippen LogP contribution in [0.3, 0.4) is 0 Å². The Balaban J connectivity index is 2.05. The van der Waals surface area contributed by atoms with Gasteiger partial charge in [-0.25, -0.2) is 17.6 Å². The molecular weight excluding hydrogens is 639 g/mol. The maximum Gasteiger partial charge on any atom is 0.410 e. The summed E-state index contributed by atoms with van der Waals surface area (Å²) in [7, 11) is -4.15. The fourth-order valence-corrected chi connectivity index (χ4v) is 6.49. The topological polar surface area (TPSA) is 102 Å². The third-order valence-corrected chi connectivity index (χ3v) is 9.18. The zero-order valence-corrected chi connectivity index (χ0v) is 27.2. The van der Waals surface area contributed by atoms with E-state index in [2.05, 4.69) is 20.9 Å². The molecule has 1 aliphatic rings. The molecule has 0 spiro atoms. The zero-order valence-electron chi connectivity index (χ0n) is 24.0. The molecule has 3 heterocycles. The lowest BCUT2D eigenvalue weighted by Gasteiger charge is -2.38. The SMILES string of the molecule is Cc1ccnc(C(C)C)c1-n1c(=O)c(S(C)(=O)=O)c(N2CCN(C(=O)OC(C)(C)C)CC2)c2cc(Cl)c(Br)c(F)c21. The normalized spacial score (nSPS) is 14.7. The molecule has 4 rings (SSSR count). The number of hydrogen-bond acceptors (Lipinski definition) is 7. The summed E-state index contributed by atoms with van der Waals surface area (Å²) in [6, 6.07) is 3.15. The Hall–Kier alpha value is -2.70. The fraction of sp³-hybridized carbons (Fsp3) is 0.464. The van der Waals surface area contributed by atoms with Crippen LogP contribution in [0.25, 0.3) is 16.6 Å². The first-order valence-electron chi connectivity index (χ1n) is 13.1. The quantitative estimate of drug-likeness (QED) is 0.322. The van der Waals surface area contributed by atoms with Crippen LogP contribution in [0.15, 0.2) is 32.5 Å². The molecule has 0 bridgehead atoms. The number of fused-ring (bicyclic) bond motifs is 1. The van der Waals surface area contributed by atoms with Crippen LogP contribution in [0.5, 0.6) is 0 Å². The van der Waals surface area contributed by atoms with Crippen LogP contribution in [-0.2, 0) is 14.6 Å². The van der Waals surface area contributed by atoms with E-state index in [1.165, 1.54) is 11.0 Å². The van der Waals surface area contributed by atoms with Crippen LogP contribution in [0, 0.1) is 12.7 Å². The number of pyridine rings is 2. The van der Waals surface area contributed by atoms with Gasteiger partial charge in [-0.05, 0) is 67.2 Å². The third-order valence-electron chi connectivity index (χ3n) is 6.77. The van der Waals surface area contributed by atoms with Gasteiger partial charge in [0.25, 0.3) is 5.56 Å². The molecule has 0 saturated carbocycles. The van der Waals surface area contributed by atoms with Crippen LogP contribution in [0.2, 0.25) is 5.02 Å². The van der Waals surface area contributed by atoms with Gasteiger partial charge in [0.05, 0.1) is 32.1 Å². The number of halogens is 3. The van der Waals surface area contributed by atoms with Crippen molar-refractivity contribution in [1.29, 1.82) is 0 Å². The lowest BCUT2D eigenvalue weighted by Crippen LogP contribution is -2.50. The molecule has 1 saturated heterocycles. The van der Waals surface area contributed by atoms with Crippen molar-refractivity contribution >= 4 is 60.1 Å². The molecule has 0 radical (unpaired) electrons. The standard InChI is InChI=1S/C28H33BrClFN4O5S/c1-15(2)21-22(16(3)8-9-32-21)35-23-17(14-18(30)19(29)20(23)31)24(25(26(35)36)41(7,38)39)33-10-12-34(13-11-33)27(37)40-28(4,5)6/h8-9,14-15H,10-13H2,1-7H3. The molecule has 1 aliphatic heterocycles. The molecular formula is C28H33BrClFN4O5S. The molecule has 2 aromatic heterocycles. The molecule has 1 fully saturated rings. The summed E-state index contributed by atoms with van der Waals surface area (Å²) >= 11 is 9.62. The molecule has 0 N–H and O–H groups in total. The number of nitrogens with zero attached hydrogens (tertiary/aromatic N) is 4. The second-order valence-electron chi connectivity index (χ2n) is 11.4. The Bertz CT molecular complexity index is 1710. The highest BCUT2D eigenvalue weighted by Gasteiger charge is 2.34. The van der Waals surface area contributed by atoms with E-state index in [0.29, 0.717) is 16.9 Å². The lowest BCUT2D eigenvalue weighted by atomic mass is 10.0. The molecule has 1 amide bonds. The Morgan fingerprint density at radius 3 is 2.32 bits per heavy atom. The summed E-state index contributed by atoms with van der Waals surface area (Å²) in [6.45, 7) is 11.6. The lowest BCUT2D eigenvalue weighted by molar-refractivity contribution is 0.0240. The van der Waals surface area contributed by atoms with E-state index in [-0.39, 0.29) is 58.2 Å². The van der Waals surface area contributed by atoms with E-state index in [4.69, 9.17) is 16.3 Å². The minimum atomic E-state index is -4.15. The van der Waals surface area contributed by atoms with E-state index in [9.17, 15) is 18.0 Å². The average Bonchev–Trinajstić information content (AvgIpc) is 2.85. The number of piperazine rings is 1. The van der Waals surface area contributed by atoms with Crippen molar-refractivity contribution in [3.63, 3.8) is 0 Å². The van der Waals surface area contributed by atoms with E-state index in [1.54, 1.807) is 44.9 Å². The average molecular weight is 672 g/mol. The van der Waals surface area contributed by atoms with Gasteiger partial charge in [-0.2, -0.15) is 0 Å². The number of hydrogen-bond donors (Lipinski definition) is 0. The largest absolute Gasteiger partial charge is 0.444 e. The van der Waals surface area contributed by atoms with Crippen LogP contribution in [0.1, 0.15) is 51.8 Å². The van der Waals surface area contributed by atoms with Crippen LogP contribution < -0.4 is 10.5 Å². The van der Waals surface area contributed by atoms with Crippen LogP contribution >= 0.6 is 27.5 Å². The Labute approximate surface area is 252 Å². The molecule has 0 atom stereocenters. The van der Waals surface area contributed by atoms with Crippen molar-refractivity contribution < 1.29 is 22.3 Å². The first-order valence-corrected chi connectivity index (χ1v) is 16.1. The number of aryl methyl sites for hydroxylation is 1. The van der Waals surface area contributed by atoms with Gasteiger partial charge in [0.15, 0.2) is 20.5 Å². The second kappa shape index (κ2) is 11.2. The number of anilines is 1. The Morgan fingerprint density at radius 2 is 1.78 bits per heavy atom. The zero-order chi connectivity index (χ0) is 30.6. The van der Waals surface area contributed by atoms with Gasteiger partial charge in [0.2, 0.25) is 0 Å². The van der Waals surface area contributed by atoms with Crippen molar-refractivity contribution in [3.8, 4) is 5.69 Å². The number of benzene rings is 1. The smallest absolute Gasteiger partial charge is 0.410 e. The summed E-state index contributed by atoms with van der Waals surface area (Å²) in [5.74, 6) is -0.968.